The third kappa shape index (κ3) is 3.08. The van der Waals surface area contributed by atoms with Crippen LogP contribution in [0.3, 0.4) is 0 Å². The number of anilines is 2. The smallest absolute Gasteiger partial charge is 0.335 e. The van der Waals surface area contributed by atoms with Crippen LogP contribution in [0.15, 0.2) is 29.1 Å². The second kappa shape index (κ2) is 7.85. The van der Waals surface area contributed by atoms with Gasteiger partial charge in [-0.25, -0.2) is 19.1 Å². The molecule has 5 rings (SSSR count). The number of aryl methyl sites for hydroxylation is 1. The molecule has 0 bridgehead atoms. The van der Waals surface area contributed by atoms with Gasteiger partial charge in [-0.15, -0.1) is 0 Å². The van der Waals surface area contributed by atoms with Crippen molar-refractivity contribution in [1.29, 1.82) is 0 Å². The number of imidazole rings is 1. The molecule has 2 aliphatic heterocycles. The lowest BCUT2D eigenvalue weighted by Gasteiger charge is -2.36. The van der Waals surface area contributed by atoms with Crippen LogP contribution >= 0.6 is 11.6 Å². The Labute approximate surface area is 191 Å². The minimum atomic E-state index is -0.142. The van der Waals surface area contributed by atoms with Gasteiger partial charge in [0.15, 0.2) is 5.65 Å². The largest absolute Gasteiger partial charge is 0.365 e. The normalized spacial score (nSPS) is 15.8. The van der Waals surface area contributed by atoms with Gasteiger partial charge in [0.1, 0.15) is 5.52 Å². The van der Waals surface area contributed by atoms with Crippen LogP contribution in [-0.2, 0) is 6.54 Å². The molecule has 0 aliphatic carbocycles. The SMILES string of the molecule is CCC(CC)N1CCn2c(=O)n(-c3ccc(N4CCNC4=O)cc3Cl)c3nc(C)cc1c32. The zero-order valence-electron chi connectivity index (χ0n) is 18.6. The predicted octanol–water partition coefficient (Wildman–Crippen LogP) is 3.69. The number of hydrogen-bond acceptors (Lipinski definition) is 4. The number of amides is 2. The van der Waals surface area contributed by atoms with E-state index in [4.69, 9.17) is 16.6 Å². The number of hydrogen-bond donors (Lipinski definition) is 1. The predicted molar refractivity (Wildman–Crippen MR) is 128 cm³/mol. The fourth-order valence-electron chi connectivity index (χ4n) is 5.00. The number of halogens is 1. The quantitative estimate of drug-likeness (QED) is 0.638. The first kappa shape index (κ1) is 20.9. The Morgan fingerprint density at radius 2 is 1.88 bits per heavy atom. The van der Waals surface area contributed by atoms with Crippen LogP contribution in [0.4, 0.5) is 16.2 Å². The molecule has 0 spiro atoms. The van der Waals surface area contributed by atoms with Crippen molar-refractivity contribution in [2.45, 2.75) is 46.2 Å². The zero-order chi connectivity index (χ0) is 22.6. The third-order valence-electron chi connectivity index (χ3n) is 6.58. The molecule has 1 fully saturated rings. The Bertz CT molecular complexity index is 1280. The van der Waals surface area contributed by atoms with Gasteiger partial charge < -0.3 is 10.2 Å². The van der Waals surface area contributed by atoms with E-state index < -0.39 is 0 Å². The molecule has 0 radical (unpaired) electrons. The maximum atomic E-state index is 13.5. The van der Waals surface area contributed by atoms with Gasteiger partial charge in [0, 0.05) is 43.6 Å². The van der Waals surface area contributed by atoms with Crippen molar-refractivity contribution in [2.75, 3.05) is 29.4 Å². The summed E-state index contributed by atoms with van der Waals surface area (Å²) in [6.07, 6.45) is 2.09. The third-order valence-corrected chi connectivity index (χ3v) is 6.89. The van der Waals surface area contributed by atoms with E-state index in [0.29, 0.717) is 47.7 Å². The number of benzene rings is 1. The summed E-state index contributed by atoms with van der Waals surface area (Å²) in [5.41, 5.74) is 4.54. The molecule has 0 atom stereocenters. The molecule has 168 valence electrons. The molecule has 3 aromatic rings. The maximum absolute atomic E-state index is 13.5. The van der Waals surface area contributed by atoms with Crippen molar-refractivity contribution in [3.05, 3.63) is 45.5 Å². The van der Waals surface area contributed by atoms with Gasteiger partial charge in [0.2, 0.25) is 0 Å². The molecule has 4 heterocycles. The molecule has 8 nitrogen and oxygen atoms in total. The zero-order valence-corrected chi connectivity index (χ0v) is 19.3. The summed E-state index contributed by atoms with van der Waals surface area (Å²) in [5.74, 6) is 0. The first-order chi connectivity index (χ1) is 15.4. The van der Waals surface area contributed by atoms with E-state index >= 15 is 0 Å². The number of carbonyl (C=O) groups excluding carboxylic acids is 1. The number of carbonyl (C=O) groups is 1. The van der Waals surface area contributed by atoms with E-state index in [-0.39, 0.29) is 11.7 Å². The molecule has 1 N–H and O–H groups in total. The van der Waals surface area contributed by atoms with Gasteiger partial charge in [0.05, 0.1) is 16.4 Å². The van der Waals surface area contributed by atoms with Crippen LogP contribution in [-0.4, -0.2) is 45.8 Å². The number of nitrogens with one attached hydrogen (secondary N) is 1. The Balaban J connectivity index is 1.69. The van der Waals surface area contributed by atoms with E-state index in [0.717, 1.165) is 36.3 Å². The fourth-order valence-corrected chi connectivity index (χ4v) is 5.26. The van der Waals surface area contributed by atoms with Gasteiger partial charge in [-0.1, -0.05) is 25.4 Å². The minimum absolute atomic E-state index is 0.142. The van der Waals surface area contributed by atoms with Crippen molar-refractivity contribution < 1.29 is 4.79 Å². The Morgan fingerprint density at radius 3 is 2.53 bits per heavy atom. The summed E-state index contributed by atoms with van der Waals surface area (Å²) in [6, 6.07) is 7.73. The van der Waals surface area contributed by atoms with Crippen LogP contribution in [0.25, 0.3) is 16.9 Å². The van der Waals surface area contributed by atoms with E-state index in [1.54, 1.807) is 21.6 Å². The second-order valence-corrected chi connectivity index (χ2v) is 8.81. The van der Waals surface area contributed by atoms with Crippen molar-refractivity contribution in [1.82, 2.24) is 19.4 Å². The molecular weight excluding hydrogens is 428 g/mol. The van der Waals surface area contributed by atoms with Crippen LogP contribution < -0.4 is 20.8 Å². The van der Waals surface area contributed by atoms with E-state index in [1.165, 1.54) is 0 Å². The topological polar surface area (TPSA) is 75.4 Å². The summed E-state index contributed by atoms with van der Waals surface area (Å²) in [6.45, 7) is 8.95. The van der Waals surface area contributed by atoms with Gasteiger partial charge in [-0.2, -0.15) is 0 Å². The van der Waals surface area contributed by atoms with Crippen molar-refractivity contribution >= 4 is 40.2 Å². The van der Waals surface area contributed by atoms with Gasteiger partial charge >= 0.3 is 11.7 Å². The lowest BCUT2D eigenvalue weighted by Crippen LogP contribution is -2.41. The Hall–Kier alpha value is -3.00. The van der Waals surface area contributed by atoms with E-state index in [9.17, 15) is 9.59 Å². The summed E-state index contributed by atoms with van der Waals surface area (Å²) >= 11 is 6.67. The number of aromatic nitrogens is 3. The van der Waals surface area contributed by atoms with E-state index in [1.807, 2.05) is 17.6 Å². The molecule has 1 saturated heterocycles. The molecule has 0 saturated carbocycles. The second-order valence-electron chi connectivity index (χ2n) is 8.41. The molecular formula is C23H27ClN6O2. The first-order valence-corrected chi connectivity index (χ1v) is 11.6. The summed E-state index contributed by atoms with van der Waals surface area (Å²) in [5, 5.41) is 3.20. The lowest BCUT2D eigenvalue weighted by atomic mass is 10.1. The van der Waals surface area contributed by atoms with Crippen LogP contribution in [0.1, 0.15) is 32.4 Å². The van der Waals surface area contributed by atoms with Gasteiger partial charge in [0.25, 0.3) is 0 Å². The average Bonchev–Trinajstić information content (AvgIpc) is 3.32. The number of rotatable bonds is 5. The molecule has 0 unspecified atom stereocenters. The average molecular weight is 455 g/mol. The van der Waals surface area contributed by atoms with Crippen LogP contribution in [0.5, 0.6) is 0 Å². The fraction of sp³-hybridized carbons (Fsp3) is 0.435. The summed E-state index contributed by atoms with van der Waals surface area (Å²) in [7, 11) is 0. The molecule has 2 aromatic heterocycles. The minimum Gasteiger partial charge on any atom is -0.365 e. The maximum Gasteiger partial charge on any atom is 0.335 e. The van der Waals surface area contributed by atoms with Crippen LogP contribution in [0, 0.1) is 6.92 Å². The lowest BCUT2D eigenvalue weighted by molar-refractivity contribution is 0.252. The highest BCUT2D eigenvalue weighted by Gasteiger charge is 2.30. The number of nitrogens with zero attached hydrogens (tertiary/aromatic N) is 5. The highest BCUT2D eigenvalue weighted by molar-refractivity contribution is 6.32. The monoisotopic (exact) mass is 454 g/mol. The van der Waals surface area contributed by atoms with Crippen molar-refractivity contribution in [2.24, 2.45) is 0 Å². The molecule has 9 heteroatoms. The highest BCUT2D eigenvalue weighted by atomic mass is 35.5. The summed E-state index contributed by atoms with van der Waals surface area (Å²) in [4.78, 5) is 34.4. The standard InChI is InChI=1S/C23H27ClN6O2/c1-4-15(5-2)27-10-11-29-20-19(27)12-14(3)26-21(20)30(23(29)32)18-7-6-16(13-17(18)24)28-9-8-25-22(28)31/h6-7,12-13,15H,4-5,8-11H2,1-3H3,(H,25,31). The molecule has 2 aliphatic rings. The molecule has 2 amide bonds. The Kier molecular flexibility index (Phi) is 5.12. The first-order valence-electron chi connectivity index (χ1n) is 11.2. The molecule has 1 aromatic carbocycles. The highest BCUT2D eigenvalue weighted by Crippen LogP contribution is 2.35. The van der Waals surface area contributed by atoms with Gasteiger partial charge in [-0.3, -0.25) is 9.47 Å². The van der Waals surface area contributed by atoms with Gasteiger partial charge in [-0.05, 0) is 44.0 Å². The van der Waals surface area contributed by atoms with Crippen molar-refractivity contribution in [3.8, 4) is 5.69 Å². The Morgan fingerprint density at radius 1 is 1.09 bits per heavy atom. The number of pyridine rings is 1. The van der Waals surface area contributed by atoms with E-state index in [2.05, 4.69) is 30.1 Å². The van der Waals surface area contributed by atoms with Crippen LogP contribution in [0.2, 0.25) is 5.02 Å². The number of urea groups is 1. The summed E-state index contributed by atoms with van der Waals surface area (Å²) < 4.78 is 3.42. The van der Waals surface area contributed by atoms with Crippen molar-refractivity contribution in [3.63, 3.8) is 0 Å². The molecule has 32 heavy (non-hydrogen) atoms.